The van der Waals surface area contributed by atoms with Crippen molar-refractivity contribution in [2.75, 3.05) is 0 Å². The molecule has 3 nitrogen and oxygen atoms in total. The number of aromatic nitrogens is 2. The van der Waals surface area contributed by atoms with Gasteiger partial charge in [0.25, 0.3) is 0 Å². The number of hydrogen-bond donors (Lipinski definition) is 0. The maximum atomic E-state index is 12.0. The van der Waals surface area contributed by atoms with Crippen molar-refractivity contribution in [1.29, 1.82) is 0 Å². The molecule has 15 heavy (non-hydrogen) atoms. The van der Waals surface area contributed by atoms with Gasteiger partial charge in [0, 0.05) is 29.9 Å². The van der Waals surface area contributed by atoms with Crippen molar-refractivity contribution >= 4 is 17.1 Å². The van der Waals surface area contributed by atoms with Gasteiger partial charge in [0.1, 0.15) is 0 Å². The summed E-state index contributed by atoms with van der Waals surface area (Å²) < 4.78 is 1.90. The lowest BCUT2D eigenvalue weighted by atomic mass is 10.2. The molecule has 2 heterocycles. The van der Waals surface area contributed by atoms with E-state index in [1.807, 2.05) is 27.6 Å². The molecule has 0 atom stereocenters. The van der Waals surface area contributed by atoms with E-state index in [9.17, 15) is 4.79 Å². The number of imidazole rings is 1. The van der Waals surface area contributed by atoms with E-state index < -0.39 is 0 Å². The Morgan fingerprint density at radius 2 is 2.47 bits per heavy atom. The van der Waals surface area contributed by atoms with Crippen LogP contribution in [0.3, 0.4) is 0 Å². The third-order valence-corrected chi connectivity index (χ3v) is 2.85. The van der Waals surface area contributed by atoms with E-state index >= 15 is 0 Å². The first-order valence-corrected chi connectivity index (χ1v) is 5.85. The van der Waals surface area contributed by atoms with E-state index in [1.165, 1.54) is 11.3 Å². The van der Waals surface area contributed by atoms with Crippen LogP contribution in [0.5, 0.6) is 0 Å². The molecule has 2 aromatic heterocycles. The Morgan fingerprint density at radius 1 is 1.60 bits per heavy atom. The van der Waals surface area contributed by atoms with E-state index in [0.717, 1.165) is 18.5 Å². The lowest BCUT2D eigenvalue weighted by Crippen LogP contribution is -2.10. The molecule has 0 unspecified atom stereocenters. The second-order valence-electron chi connectivity index (χ2n) is 3.29. The van der Waals surface area contributed by atoms with E-state index in [0.29, 0.717) is 5.82 Å². The second-order valence-corrected chi connectivity index (χ2v) is 4.07. The van der Waals surface area contributed by atoms with E-state index in [1.54, 1.807) is 6.20 Å². The van der Waals surface area contributed by atoms with Gasteiger partial charge in [-0.15, -0.1) is 0 Å². The zero-order chi connectivity index (χ0) is 10.7. The third kappa shape index (κ3) is 1.99. The molecular formula is C11H12N2OS. The molecule has 0 saturated heterocycles. The number of thiophene rings is 1. The summed E-state index contributed by atoms with van der Waals surface area (Å²) in [6.45, 7) is 2.92. The minimum absolute atomic E-state index is 0.00898. The summed E-state index contributed by atoms with van der Waals surface area (Å²) in [7, 11) is 0. The summed E-state index contributed by atoms with van der Waals surface area (Å²) in [5, 5.41) is 3.76. The number of carbonyl (C=O) groups excluding carboxylic acids is 1. The average Bonchev–Trinajstić information content (AvgIpc) is 2.87. The maximum absolute atomic E-state index is 12.0. The van der Waals surface area contributed by atoms with Gasteiger partial charge in [-0.25, -0.2) is 4.98 Å². The van der Waals surface area contributed by atoms with Crippen molar-refractivity contribution in [3.8, 4) is 0 Å². The van der Waals surface area contributed by atoms with Gasteiger partial charge in [0.2, 0.25) is 5.78 Å². The van der Waals surface area contributed by atoms with Crippen molar-refractivity contribution in [3.05, 3.63) is 40.6 Å². The Labute approximate surface area is 92.4 Å². The highest BCUT2D eigenvalue weighted by Crippen LogP contribution is 2.12. The number of nitrogens with zero attached hydrogens (tertiary/aromatic N) is 2. The molecule has 0 radical (unpaired) electrons. The first-order chi connectivity index (χ1) is 7.33. The summed E-state index contributed by atoms with van der Waals surface area (Å²) >= 11 is 1.53. The predicted molar refractivity (Wildman–Crippen MR) is 60.3 cm³/mol. The highest BCUT2D eigenvalue weighted by atomic mass is 32.1. The van der Waals surface area contributed by atoms with Crippen LogP contribution >= 0.6 is 11.3 Å². The van der Waals surface area contributed by atoms with Crippen LogP contribution in [0.25, 0.3) is 0 Å². The Balaban J connectivity index is 2.29. The Kier molecular flexibility index (Phi) is 2.97. The topological polar surface area (TPSA) is 34.9 Å². The third-order valence-electron chi connectivity index (χ3n) is 2.17. The molecule has 0 bridgehead atoms. The molecular weight excluding hydrogens is 208 g/mol. The summed E-state index contributed by atoms with van der Waals surface area (Å²) in [6.07, 6.45) is 4.53. The summed E-state index contributed by atoms with van der Waals surface area (Å²) in [5.41, 5.74) is 0.726. The summed E-state index contributed by atoms with van der Waals surface area (Å²) in [4.78, 5) is 16.1. The van der Waals surface area contributed by atoms with E-state index in [4.69, 9.17) is 0 Å². The van der Waals surface area contributed by atoms with E-state index in [2.05, 4.69) is 11.9 Å². The molecule has 2 aromatic rings. The largest absolute Gasteiger partial charge is 0.328 e. The number of aryl methyl sites for hydroxylation is 1. The minimum atomic E-state index is 0.00898. The maximum Gasteiger partial charge on any atom is 0.229 e. The lowest BCUT2D eigenvalue weighted by molar-refractivity contribution is 0.102. The summed E-state index contributed by atoms with van der Waals surface area (Å²) in [6, 6.07) is 1.83. The van der Waals surface area contributed by atoms with Crippen molar-refractivity contribution < 1.29 is 4.79 Å². The van der Waals surface area contributed by atoms with Crippen LogP contribution in [-0.2, 0) is 6.54 Å². The number of rotatable bonds is 4. The van der Waals surface area contributed by atoms with Crippen LogP contribution in [0.1, 0.15) is 29.5 Å². The highest BCUT2D eigenvalue weighted by molar-refractivity contribution is 7.08. The molecule has 0 amide bonds. The van der Waals surface area contributed by atoms with Crippen molar-refractivity contribution in [2.45, 2.75) is 19.9 Å². The number of hydrogen-bond acceptors (Lipinski definition) is 3. The average molecular weight is 220 g/mol. The van der Waals surface area contributed by atoms with Crippen LogP contribution in [0.4, 0.5) is 0 Å². The van der Waals surface area contributed by atoms with Crippen molar-refractivity contribution in [2.24, 2.45) is 0 Å². The number of carbonyl (C=O) groups is 1. The van der Waals surface area contributed by atoms with Crippen LogP contribution in [0, 0.1) is 0 Å². The fraction of sp³-hybridized carbons (Fsp3) is 0.273. The summed E-state index contributed by atoms with van der Waals surface area (Å²) in [5.74, 6) is 0.546. The van der Waals surface area contributed by atoms with Crippen LogP contribution < -0.4 is 0 Å². The monoisotopic (exact) mass is 220 g/mol. The molecule has 0 aliphatic heterocycles. The number of ketones is 1. The quantitative estimate of drug-likeness (QED) is 0.742. The Bertz CT molecular complexity index is 445. The van der Waals surface area contributed by atoms with Gasteiger partial charge in [0.15, 0.2) is 5.82 Å². The molecule has 0 saturated carbocycles. The van der Waals surface area contributed by atoms with Crippen LogP contribution in [0.15, 0.2) is 29.2 Å². The van der Waals surface area contributed by atoms with Crippen LogP contribution in [-0.4, -0.2) is 15.3 Å². The normalized spacial score (nSPS) is 10.5. The molecule has 0 fully saturated rings. The van der Waals surface area contributed by atoms with Gasteiger partial charge in [-0.1, -0.05) is 6.92 Å². The molecule has 0 aliphatic rings. The molecule has 0 aliphatic carbocycles. The highest BCUT2D eigenvalue weighted by Gasteiger charge is 2.14. The Hall–Kier alpha value is -1.42. The van der Waals surface area contributed by atoms with Gasteiger partial charge < -0.3 is 4.57 Å². The van der Waals surface area contributed by atoms with Crippen LogP contribution in [0.2, 0.25) is 0 Å². The fourth-order valence-electron chi connectivity index (χ4n) is 1.46. The molecule has 0 spiro atoms. The first kappa shape index (κ1) is 10.1. The predicted octanol–water partition coefficient (Wildman–Crippen LogP) is 2.59. The molecule has 4 heteroatoms. The smallest absolute Gasteiger partial charge is 0.229 e. The Morgan fingerprint density at radius 3 is 3.13 bits per heavy atom. The van der Waals surface area contributed by atoms with E-state index in [-0.39, 0.29) is 5.78 Å². The first-order valence-electron chi connectivity index (χ1n) is 4.91. The van der Waals surface area contributed by atoms with Gasteiger partial charge >= 0.3 is 0 Å². The lowest BCUT2D eigenvalue weighted by Gasteiger charge is -2.03. The van der Waals surface area contributed by atoms with Gasteiger partial charge in [-0.2, -0.15) is 11.3 Å². The molecule has 2 rings (SSSR count). The van der Waals surface area contributed by atoms with Crippen molar-refractivity contribution in [1.82, 2.24) is 9.55 Å². The van der Waals surface area contributed by atoms with Gasteiger partial charge in [0.05, 0.1) is 0 Å². The molecule has 78 valence electrons. The second kappa shape index (κ2) is 4.40. The zero-order valence-corrected chi connectivity index (χ0v) is 9.33. The zero-order valence-electron chi connectivity index (χ0n) is 8.51. The fourth-order valence-corrected chi connectivity index (χ4v) is 2.10. The van der Waals surface area contributed by atoms with Gasteiger partial charge in [-0.05, 0) is 17.9 Å². The standard InChI is InChI=1S/C11H12N2OS/c1-2-5-13-6-4-12-11(13)10(14)9-3-7-15-8-9/h3-4,6-8H,2,5H2,1H3. The molecule has 0 aromatic carbocycles. The SMILES string of the molecule is CCCn1ccnc1C(=O)c1ccsc1. The van der Waals surface area contributed by atoms with Crippen molar-refractivity contribution in [3.63, 3.8) is 0 Å². The molecule has 0 N–H and O–H groups in total. The minimum Gasteiger partial charge on any atom is -0.328 e. The van der Waals surface area contributed by atoms with Gasteiger partial charge in [-0.3, -0.25) is 4.79 Å².